The van der Waals surface area contributed by atoms with E-state index in [1.165, 1.54) is 12.1 Å². The van der Waals surface area contributed by atoms with Crippen LogP contribution in [0.4, 0.5) is 4.39 Å². The van der Waals surface area contributed by atoms with Crippen LogP contribution in [0.3, 0.4) is 0 Å². The molecule has 0 amide bonds. The lowest BCUT2D eigenvalue weighted by molar-refractivity contribution is 0.284. The van der Waals surface area contributed by atoms with Crippen molar-refractivity contribution in [3.63, 3.8) is 0 Å². The molecule has 4 rings (SSSR count). The Balaban J connectivity index is 1.44. The van der Waals surface area contributed by atoms with Crippen molar-refractivity contribution in [3.05, 3.63) is 95.3 Å². The first kappa shape index (κ1) is 18.4. The fraction of sp³-hybridized carbons (Fsp3) is 0.136. The molecule has 1 atom stereocenters. The predicted octanol–water partition coefficient (Wildman–Crippen LogP) is 5.11. The van der Waals surface area contributed by atoms with Gasteiger partial charge in [0.1, 0.15) is 22.8 Å². The number of methoxy groups -OCH3 is 1. The maximum Gasteiger partial charge on any atom is 0.161 e. The topological polar surface area (TPSA) is 42.8 Å². The highest BCUT2D eigenvalue weighted by Crippen LogP contribution is 2.38. The van der Waals surface area contributed by atoms with Crippen molar-refractivity contribution in [3.8, 4) is 11.5 Å². The molecule has 4 nitrogen and oxygen atoms in total. The molecule has 0 saturated carbocycles. The van der Waals surface area contributed by atoms with E-state index >= 15 is 0 Å². The van der Waals surface area contributed by atoms with Gasteiger partial charge < -0.3 is 9.47 Å². The summed E-state index contributed by atoms with van der Waals surface area (Å²) in [4.78, 5) is 0. The molecule has 1 aliphatic rings. The normalized spacial score (nSPS) is 15.6. The number of rotatable bonds is 6. The summed E-state index contributed by atoms with van der Waals surface area (Å²) in [5, 5.41) is 5.42. The van der Waals surface area contributed by atoms with Crippen molar-refractivity contribution in [2.75, 3.05) is 7.11 Å². The third-order valence-corrected chi connectivity index (χ3v) is 5.50. The molecule has 28 heavy (non-hydrogen) atoms. The number of halogens is 1. The molecule has 3 aromatic rings. The molecule has 0 saturated heterocycles. The van der Waals surface area contributed by atoms with Gasteiger partial charge in [0.05, 0.1) is 7.11 Å². The van der Waals surface area contributed by atoms with Gasteiger partial charge in [-0.1, -0.05) is 60.3 Å². The van der Waals surface area contributed by atoms with Gasteiger partial charge in [-0.3, -0.25) is 5.43 Å². The molecule has 0 aromatic heterocycles. The summed E-state index contributed by atoms with van der Waals surface area (Å²) in [6.07, 6.45) is 0. The van der Waals surface area contributed by atoms with Gasteiger partial charge >= 0.3 is 0 Å². The van der Waals surface area contributed by atoms with Gasteiger partial charge in [-0.25, -0.2) is 4.39 Å². The molecule has 0 aliphatic carbocycles. The zero-order valence-electron chi connectivity index (χ0n) is 15.3. The predicted molar refractivity (Wildman–Crippen MR) is 110 cm³/mol. The monoisotopic (exact) mass is 394 g/mol. The number of thioether (sulfide) groups is 1. The SMILES string of the molecule is COc1cc([C@H]2NN=C(c3ccccc3)S2)ccc1OCc1ccc(F)cc1. The van der Waals surface area contributed by atoms with E-state index in [0.29, 0.717) is 18.1 Å². The average molecular weight is 394 g/mol. The zero-order chi connectivity index (χ0) is 19.3. The minimum absolute atomic E-state index is 0.00950. The summed E-state index contributed by atoms with van der Waals surface area (Å²) in [5.74, 6) is 1.03. The number of nitrogens with one attached hydrogen (secondary N) is 1. The maximum absolute atomic E-state index is 13.0. The van der Waals surface area contributed by atoms with E-state index in [0.717, 1.165) is 21.7 Å². The van der Waals surface area contributed by atoms with Crippen LogP contribution in [0.2, 0.25) is 0 Å². The summed E-state index contributed by atoms with van der Waals surface area (Å²) in [5.41, 5.74) is 6.20. The van der Waals surface area contributed by atoms with Crippen LogP contribution in [0.1, 0.15) is 22.1 Å². The molecule has 3 aromatic carbocycles. The molecule has 1 aliphatic heterocycles. The number of benzene rings is 3. The number of nitrogens with zero attached hydrogens (tertiary/aromatic N) is 1. The Bertz CT molecular complexity index is 978. The Kier molecular flexibility index (Phi) is 5.48. The molecule has 0 unspecified atom stereocenters. The summed E-state index contributed by atoms with van der Waals surface area (Å²) < 4.78 is 24.4. The number of ether oxygens (including phenoxy) is 2. The van der Waals surface area contributed by atoms with E-state index in [1.54, 1.807) is 31.0 Å². The van der Waals surface area contributed by atoms with Crippen molar-refractivity contribution >= 4 is 16.8 Å². The first-order valence-corrected chi connectivity index (χ1v) is 9.71. The molecule has 1 N–H and O–H groups in total. The fourth-order valence-electron chi connectivity index (χ4n) is 2.85. The van der Waals surface area contributed by atoms with Gasteiger partial charge in [-0.2, -0.15) is 5.10 Å². The molecule has 0 bridgehead atoms. The summed E-state index contributed by atoms with van der Waals surface area (Å²) in [6.45, 7) is 0.341. The second-order valence-corrected chi connectivity index (χ2v) is 7.33. The first-order chi connectivity index (χ1) is 13.7. The second-order valence-electron chi connectivity index (χ2n) is 6.24. The number of hydrazone groups is 1. The highest BCUT2D eigenvalue weighted by molar-refractivity contribution is 8.14. The number of hydrogen-bond acceptors (Lipinski definition) is 5. The molecule has 0 spiro atoms. The van der Waals surface area contributed by atoms with E-state index in [9.17, 15) is 4.39 Å². The molecular formula is C22H19FN2O2S. The molecule has 6 heteroatoms. The molecule has 0 fully saturated rings. The lowest BCUT2D eigenvalue weighted by Crippen LogP contribution is -2.07. The van der Waals surface area contributed by atoms with Crippen LogP contribution in [0, 0.1) is 5.82 Å². The third-order valence-electron chi connectivity index (χ3n) is 4.33. The largest absolute Gasteiger partial charge is 0.493 e. The minimum Gasteiger partial charge on any atom is -0.493 e. The smallest absolute Gasteiger partial charge is 0.161 e. The quantitative estimate of drug-likeness (QED) is 0.631. The lowest BCUT2D eigenvalue weighted by Gasteiger charge is -2.15. The van der Waals surface area contributed by atoms with Crippen LogP contribution in [0.25, 0.3) is 0 Å². The third kappa shape index (κ3) is 4.12. The summed E-state index contributed by atoms with van der Waals surface area (Å²) >= 11 is 1.66. The minimum atomic E-state index is -0.260. The van der Waals surface area contributed by atoms with Crippen molar-refractivity contribution in [1.82, 2.24) is 5.43 Å². The van der Waals surface area contributed by atoms with E-state index in [4.69, 9.17) is 9.47 Å². The fourth-order valence-corrected chi connectivity index (χ4v) is 3.83. The van der Waals surface area contributed by atoms with E-state index in [2.05, 4.69) is 10.5 Å². The van der Waals surface area contributed by atoms with Gasteiger partial charge in [0.2, 0.25) is 0 Å². The van der Waals surface area contributed by atoms with Gasteiger partial charge in [0, 0.05) is 5.56 Å². The van der Waals surface area contributed by atoms with Crippen LogP contribution in [-0.2, 0) is 6.61 Å². The van der Waals surface area contributed by atoms with Gasteiger partial charge in [0.25, 0.3) is 0 Å². The van der Waals surface area contributed by atoms with Crippen LogP contribution < -0.4 is 14.9 Å². The first-order valence-electron chi connectivity index (χ1n) is 8.83. The molecular weight excluding hydrogens is 375 g/mol. The Morgan fingerprint density at radius 2 is 1.79 bits per heavy atom. The van der Waals surface area contributed by atoms with Crippen LogP contribution in [0.5, 0.6) is 11.5 Å². The van der Waals surface area contributed by atoms with Crippen molar-refractivity contribution < 1.29 is 13.9 Å². The van der Waals surface area contributed by atoms with Crippen molar-refractivity contribution in [2.45, 2.75) is 12.0 Å². The maximum atomic E-state index is 13.0. The Morgan fingerprint density at radius 3 is 2.54 bits per heavy atom. The zero-order valence-corrected chi connectivity index (χ0v) is 16.1. The van der Waals surface area contributed by atoms with Gasteiger partial charge in [-0.15, -0.1) is 0 Å². The summed E-state index contributed by atoms with van der Waals surface area (Å²) in [6, 6.07) is 22.2. The highest BCUT2D eigenvalue weighted by atomic mass is 32.2. The molecule has 142 valence electrons. The van der Waals surface area contributed by atoms with Crippen molar-refractivity contribution in [1.29, 1.82) is 0 Å². The van der Waals surface area contributed by atoms with E-state index in [-0.39, 0.29) is 11.2 Å². The molecule has 0 radical (unpaired) electrons. The van der Waals surface area contributed by atoms with E-state index in [1.807, 2.05) is 48.5 Å². The highest BCUT2D eigenvalue weighted by Gasteiger charge is 2.23. The van der Waals surface area contributed by atoms with Crippen LogP contribution >= 0.6 is 11.8 Å². The van der Waals surface area contributed by atoms with Gasteiger partial charge in [0.15, 0.2) is 11.5 Å². The average Bonchev–Trinajstić information content (AvgIpc) is 3.24. The Morgan fingerprint density at radius 1 is 1.00 bits per heavy atom. The molecule has 1 heterocycles. The van der Waals surface area contributed by atoms with Crippen LogP contribution in [0.15, 0.2) is 77.9 Å². The lowest BCUT2D eigenvalue weighted by atomic mass is 10.2. The Labute approximate surface area is 167 Å². The van der Waals surface area contributed by atoms with Crippen molar-refractivity contribution in [2.24, 2.45) is 5.10 Å². The summed E-state index contributed by atoms with van der Waals surface area (Å²) in [7, 11) is 1.62. The van der Waals surface area contributed by atoms with Gasteiger partial charge in [-0.05, 0) is 35.4 Å². The number of hydrogen-bond donors (Lipinski definition) is 1. The standard InChI is InChI=1S/C22H19FN2O2S/c1-26-20-13-17(22-25-24-21(28-22)16-5-3-2-4-6-16)9-12-19(20)27-14-15-7-10-18(23)11-8-15/h2-13,22,25H,14H2,1H3/t22-/m0/s1. The van der Waals surface area contributed by atoms with E-state index < -0.39 is 0 Å². The Hall–Kier alpha value is -2.99. The second kappa shape index (κ2) is 8.35. The van der Waals surface area contributed by atoms with Crippen LogP contribution in [-0.4, -0.2) is 12.2 Å².